The van der Waals surface area contributed by atoms with Gasteiger partial charge in [0.25, 0.3) is 0 Å². The minimum absolute atomic E-state index is 0.312. The number of amides is 1. The van der Waals surface area contributed by atoms with Crippen molar-refractivity contribution in [2.75, 3.05) is 59.0 Å². The number of benzene rings is 1. The van der Waals surface area contributed by atoms with Gasteiger partial charge >= 0.3 is 0 Å². The summed E-state index contributed by atoms with van der Waals surface area (Å²) in [4.78, 5) is 19.4. The van der Waals surface area contributed by atoms with Crippen molar-refractivity contribution >= 4 is 5.91 Å². The zero-order valence-corrected chi connectivity index (χ0v) is 16.9. The number of likely N-dealkylation sites (tertiary alicyclic amines) is 2. The summed E-state index contributed by atoms with van der Waals surface area (Å²) in [6.07, 6.45) is 3.00. The highest BCUT2D eigenvalue weighted by molar-refractivity contribution is 5.79. The molecule has 3 aliphatic rings. The largest absolute Gasteiger partial charge is 0.379 e. The molecule has 0 aromatic heterocycles. The van der Waals surface area contributed by atoms with Gasteiger partial charge < -0.3 is 15.0 Å². The van der Waals surface area contributed by atoms with E-state index in [1.807, 2.05) is 0 Å². The summed E-state index contributed by atoms with van der Waals surface area (Å²) in [5.41, 5.74) is 1.39. The summed E-state index contributed by atoms with van der Waals surface area (Å²) in [6.45, 7) is 9.63. The Hall–Kier alpha value is -1.47. The molecule has 3 fully saturated rings. The zero-order valence-electron chi connectivity index (χ0n) is 16.9. The fourth-order valence-corrected chi connectivity index (χ4v) is 4.62. The van der Waals surface area contributed by atoms with Gasteiger partial charge in [-0.05, 0) is 31.5 Å². The van der Waals surface area contributed by atoms with Gasteiger partial charge in [-0.25, -0.2) is 0 Å². The van der Waals surface area contributed by atoms with E-state index in [0.29, 0.717) is 24.4 Å². The minimum Gasteiger partial charge on any atom is -0.379 e. The van der Waals surface area contributed by atoms with Crippen molar-refractivity contribution in [1.82, 2.24) is 20.0 Å². The molecular formula is C22H34N4O2. The van der Waals surface area contributed by atoms with Crippen LogP contribution in [-0.2, 0) is 16.1 Å². The number of nitrogens with one attached hydrogen (secondary N) is 1. The Morgan fingerprint density at radius 2 is 1.68 bits per heavy atom. The summed E-state index contributed by atoms with van der Waals surface area (Å²) >= 11 is 0. The molecule has 0 radical (unpaired) electrons. The zero-order chi connectivity index (χ0) is 19.2. The van der Waals surface area contributed by atoms with E-state index in [2.05, 4.69) is 50.3 Å². The van der Waals surface area contributed by atoms with Crippen LogP contribution < -0.4 is 5.32 Å². The molecule has 28 heavy (non-hydrogen) atoms. The monoisotopic (exact) mass is 386 g/mol. The van der Waals surface area contributed by atoms with Crippen LogP contribution in [0, 0.1) is 0 Å². The topological polar surface area (TPSA) is 48.1 Å². The summed E-state index contributed by atoms with van der Waals surface area (Å²) in [5.74, 6) is 0.312. The van der Waals surface area contributed by atoms with E-state index >= 15 is 0 Å². The average Bonchev–Trinajstić information content (AvgIpc) is 3.08. The maximum Gasteiger partial charge on any atom is 0.224 e. The van der Waals surface area contributed by atoms with E-state index in [-0.39, 0.29) is 0 Å². The van der Waals surface area contributed by atoms with Crippen LogP contribution in [0.4, 0.5) is 0 Å². The molecule has 1 amide bonds. The molecule has 0 saturated carbocycles. The summed E-state index contributed by atoms with van der Waals surface area (Å²) < 4.78 is 5.40. The van der Waals surface area contributed by atoms with E-state index in [0.717, 1.165) is 65.6 Å². The van der Waals surface area contributed by atoms with Crippen LogP contribution in [0.1, 0.15) is 24.8 Å². The number of piperidine rings is 1. The van der Waals surface area contributed by atoms with Crippen LogP contribution in [0.5, 0.6) is 0 Å². The molecule has 1 aromatic carbocycles. The fraction of sp³-hybridized carbons (Fsp3) is 0.682. The highest BCUT2D eigenvalue weighted by atomic mass is 16.5. The van der Waals surface area contributed by atoms with Crippen LogP contribution in [-0.4, -0.2) is 91.7 Å². The Labute approximate surface area is 168 Å². The lowest BCUT2D eigenvalue weighted by molar-refractivity contribution is -0.128. The first-order chi connectivity index (χ1) is 13.8. The smallest absolute Gasteiger partial charge is 0.224 e. The van der Waals surface area contributed by atoms with Crippen LogP contribution in [0.2, 0.25) is 0 Å². The summed E-state index contributed by atoms with van der Waals surface area (Å²) in [7, 11) is 0. The Balaban J connectivity index is 1.16. The molecule has 3 heterocycles. The predicted molar refractivity (Wildman–Crippen MR) is 110 cm³/mol. The van der Waals surface area contributed by atoms with Crippen molar-refractivity contribution in [3.05, 3.63) is 35.9 Å². The normalized spacial score (nSPS) is 25.5. The van der Waals surface area contributed by atoms with E-state index < -0.39 is 0 Å². The van der Waals surface area contributed by atoms with Crippen molar-refractivity contribution in [2.45, 2.75) is 37.9 Å². The molecule has 1 atom stereocenters. The lowest BCUT2D eigenvalue weighted by atomic mass is 10.0. The predicted octanol–water partition coefficient (Wildman–Crippen LogP) is 1.17. The molecule has 0 aliphatic carbocycles. The number of morpholine rings is 1. The lowest BCUT2D eigenvalue weighted by Crippen LogP contribution is -2.47. The quantitative estimate of drug-likeness (QED) is 0.762. The van der Waals surface area contributed by atoms with E-state index in [9.17, 15) is 4.79 Å². The lowest BCUT2D eigenvalue weighted by Gasteiger charge is -2.34. The Kier molecular flexibility index (Phi) is 6.96. The van der Waals surface area contributed by atoms with Crippen molar-refractivity contribution in [2.24, 2.45) is 0 Å². The molecule has 3 saturated heterocycles. The van der Waals surface area contributed by atoms with Gasteiger partial charge in [0.2, 0.25) is 5.91 Å². The third-order valence-electron chi connectivity index (χ3n) is 6.31. The fourth-order valence-electron chi connectivity index (χ4n) is 4.62. The molecule has 1 N–H and O–H groups in total. The second-order valence-electron chi connectivity index (χ2n) is 8.40. The van der Waals surface area contributed by atoms with Gasteiger partial charge in [-0.1, -0.05) is 30.3 Å². The number of rotatable bonds is 7. The summed E-state index contributed by atoms with van der Waals surface area (Å²) in [6, 6.07) is 11.6. The molecule has 4 rings (SSSR count). The second-order valence-corrected chi connectivity index (χ2v) is 8.40. The first-order valence-electron chi connectivity index (χ1n) is 10.9. The highest BCUT2D eigenvalue weighted by Gasteiger charge is 2.31. The van der Waals surface area contributed by atoms with Crippen LogP contribution in [0.25, 0.3) is 0 Å². The van der Waals surface area contributed by atoms with Crippen LogP contribution in [0.3, 0.4) is 0 Å². The maximum absolute atomic E-state index is 12.4. The van der Waals surface area contributed by atoms with Crippen LogP contribution in [0.15, 0.2) is 30.3 Å². The number of hydrogen-bond donors (Lipinski definition) is 1. The van der Waals surface area contributed by atoms with Crippen molar-refractivity contribution in [1.29, 1.82) is 0 Å². The minimum atomic E-state index is 0.312. The molecule has 6 nitrogen and oxygen atoms in total. The van der Waals surface area contributed by atoms with Crippen molar-refractivity contribution in [3.63, 3.8) is 0 Å². The standard InChI is InChI=1S/C22H34N4O2/c27-22-16-21(18-26(22)11-10-24-12-14-28-15-13-24)23-20-6-8-25(9-7-20)17-19-4-2-1-3-5-19/h1-5,20-21,23H,6-18H2. The number of carbonyl (C=O) groups excluding carboxylic acids is 1. The number of nitrogens with zero attached hydrogens (tertiary/aromatic N) is 3. The molecule has 0 bridgehead atoms. The average molecular weight is 387 g/mol. The molecule has 6 heteroatoms. The number of carbonyl (C=O) groups is 1. The van der Waals surface area contributed by atoms with Gasteiger partial charge in [0, 0.05) is 57.8 Å². The Morgan fingerprint density at radius 1 is 0.929 bits per heavy atom. The Bertz CT molecular complexity index is 612. The molecule has 1 unspecified atom stereocenters. The second kappa shape index (κ2) is 9.83. The Morgan fingerprint density at radius 3 is 2.43 bits per heavy atom. The SMILES string of the molecule is O=C1CC(NC2CCN(Cc3ccccc3)CC2)CN1CCN1CCOCC1. The van der Waals surface area contributed by atoms with E-state index in [4.69, 9.17) is 4.74 Å². The molecule has 1 aromatic rings. The third-order valence-corrected chi connectivity index (χ3v) is 6.31. The molecule has 3 aliphatic heterocycles. The first-order valence-corrected chi connectivity index (χ1v) is 10.9. The molecule has 154 valence electrons. The van der Waals surface area contributed by atoms with Crippen molar-refractivity contribution < 1.29 is 9.53 Å². The number of ether oxygens (including phenoxy) is 1. The van der Waals surface area contributed by atoms with Gasteiger partial charge in [0.15, 0.2) is 0 Å². The van der Waals surface area contributed by atoms with Gasteiger partial charge in [-0.15, -0.1) is 0 Å². The van der Waals surface area contributed by atoms with Gasteiger partial charge in [0.05, 0.1) is 13.2 Å². The molecule has 0 spiro atoms. The number of hydrogen-bond acceptors (Lipinski definition) is 5. The van der Waals surface area contributed by atoms with E-state index in [1.165, 1.54) is 18.4 Å². The maximum atomic E-state index is 12.4. The van der Waals surface area contributed by atoms with Gasteiger partial charge in [-0.3, -0.25) is 14.6 Å². The van der Waals surface area contributed by atoms with Gasteiger partial charge in [-0.2, -0.15) is 0 Å². The molecular weight excluding hydrogens is 352 g/mol. The summed E-state index contributed by atoms with van der Waals surface area (Å²) in [5, 5.41) is 3.78. The third kappa shape index (κ3) is 5.54. The highest BCUT2D eigenvalue weighted by Crippen LogP contribution is 2.17. The van der Waals surface area contributed by atoms with Crippen molar-refractivity contribution in [3.8, 4) is 0 Å². The van der Waals surface area contributed by atoms with Gasteiger partial charge in [0.1, 0.15) is 0 Å². The van der Waals surface area contributed by atoms with E-state index in [1.54, 1.807) is 0 Å². The van der Waals surface area contributed by atoms with Crippen LogP contribution >= 0.6 is 0 Å². The first kappa shape index (κ1) is 19.8.